The third-order valence-corrected chi connectivity index (χ3v) is 2.40. The van der Waals surface area contributed by atoms with Crippen LogP contribution in [0.3, 0.4) is 0 Å². The van der Waals surface area contributed by atoms with Gasteiger partial charge in [0.25, 0.3) is 0 Å². The van der Waals surface area contributed by atoms with Crippen LogP contribution >= 0.6 is 0 Å². The molecule has 0 aromatic rings. The third kappa shape index (κ3) is 0.935. The Morgan fingerprint density at radius 3 is 3.30 bits per heavy atom. The molecule has 0 spiro atoms. The van der Waals surface area contributed by atoms with Gasteiger partial charge in [0.15, 0.2) is 5.79 Å². The van der Waals surface area contributed by atoms with Gasteiger partial charge < -0.3 is 4.90 Å². The lowest BCUT2D eigenvalue weighted by molar-refractivity contribution is 0.0539. The summed E-state index contributed by atoms with van der Waals surface area (Å²) in [4.78, 5) is 2.06. The maximum Gasteiger partial charge on any atom is 0.174 e. The monoisotopic (exact) mass is 146 g/mol. The molecular formula is C7H15FN2. The minimum absolute atomic E-state index is 0. The Hall–Kier alpha value is -0.150. The molecule has 0 saturated carbocycles. The number of piperazine rings is 1. The molecule has 0 radical (unpaired) electrons. The van der Waals surface area contributed by atoms with Crippen molar-refractivity contribution >= 4 is 0 Å². The molecule has 0 aliphatic carbocycles. The van der Waals surface area contributed by atoms with E-state index < -0.39 is 5.79 Å². The van der Waals surface area contributed by atoms with Gasteiger partial charge in [0.2, 0.25) is 0 Å². The average molecular weight is 146 g/mol. The van der Waals surface area contributed by atoms with E-state index >= 15 is 0 Å². The van der Waals surface area contributed by atoms with E-state index in [1.165, 1.54) is 0 Å². The molecule has 2 bridgehead atoms. The second kappa shape index (κ2) is 1.92. The first-order chi connectivity index (χ1) is 4.68. The molecule has 2 rings (SSSR count). The maximum atomic E-state index is 13.4. The smallest absolute Gasteiger partial charge is 0.174 e. The van der Waals surface area contributed by atoms with Crippen molar-refractivity contribution in [1.82, 2.24) is 10.2 Å². The lowest BCUT2D eigenvalue weighted by atomic mass is 10.2. The molecular weight excluding hydrogens is 131 g/mol. The van der Waals surface area contributed by atoms with Crippen LogP contribution in [0.2, 0.25) is 0 Å². The molecule has 0 aromatic heterocycles. The molecule has 0 amide bonds. The lowest BCUT2D eigenvalue weighted by Crippen LogP contribution is -2.55. The highest BCUT2D eigenvalue weighted by atomic mass is 19.1. The number of alkyl halides is 1. The molecule has 2 atom stereocenters. The molecule has 3 heteroatoms. The third-order valence-electron chi connectivity index (χ3n) is 2.40. The number of rotatable bonds is 0. The predicted molar refractivity (Wildman–Crippen MR) is 39.6 cm³/mol. The first-order valence-corrected chi connectivity index (χ1v) is 3.83. The standard InChI is InChI=1S/C7H13FN2.H2/c1-10-4-6-2-3-7(8,5-10)9-6;/h6,9H,2-5H2,1H3;1H/t6?,7-;/m1./s1. The first kappa shape index (κ1) is 6.55. The molecule has 2 aliphatic heterocycles. The Morgan fingerprint density at radius 1 is 1.80 bits per heavy atom. The van der Waals surface area contributed by atoms with E-state index in [2.05, 4.69) is 10.2 Å². The highest BCUT2D eigenvalue weighted by molar-refractivity contribution is 4.97. The summed E-state index contributed by atoms with van der Waals surface area (Å²) in [5.74, 6) is -1.06. The topological polar surface area (TPSA) is 15.3 Å². The largest absolute Gasteiger partial charge is 0.300 e. The normalized spacial score (nSPS) is 48.0. The lowest BCUT2D eigenvalue weighted by Gasteiger charge is -2.33. The Morgan fingerprint density at radius 2 is 2.60 bits per heavy atom. The van der Waals surface area contributed by atoms with Crippen molar-refractivity contribution in [2.75, 3.05) is 20.1 Å². The van der Waals surface area contributed by atoms with Gasteiger partial charge >= 0.3 is 0 Å². The van der Waals surface area contributed by atoms with Crippen LogP contribution in [0.25, 0.3) is 0 Å². The van der Waals surface area contributed by atoms with E-state index in [-0.39, 0.29) is 1.43 Å². The van der Waals surface area contributed by atoms with Crippen molar-refractivity contribution in [2.24, 2.45) is 0 Å². The number of fused-ring (bicyclic) bond motifs is 2. The minimum Gasteiger partial charge on any atom is -0.300 e. The van der Waals surface area contributed by atoms with E-state index in [1.54, 1.807) is 0 Å². The maximum absolute atomic E-state index is 13.4. The van der Waals surface area contributed by atoms with Crippen molar-refractivity contribution in [3.05, 3.63) is 0 Å². The molecule has 2 aliphatic rings. The summed E-state index contributed by atoms with van der Waals surface area (Å²) in [6.45, 7) is 1.56. The molecule has 2 saturated heterocycles. The van der Waals surface area contributed by atoms with E-state index in [4.69, 9.17) is 0 Å². The van der Waals surface area contributed by atoms with E-state index in [9.17, 15) is 4.39 Å². The Labute approximate surface area is 61.9 Å². The number of nitrogens with zero attached hydrogens (tertiary/aromatic N) is 1. The molecule has 2 nitrogen and oxygen atoms in total. The summed E-state index contributed by atoms with van der Waals surface area (Å²) in [6, 6.07) is 0.406. The van der Waals surface area contributed by atoms with Crippen LogP contribution in [0.4, 0.5) is 4.39 Å². The van der Waals surface area contributed by atoms with Gasteiger partial charge in [-0.2, -0.15) is 0 Å². The summed E-state index contributed by atoms with van der Waals surface area (Å²) in [7, 11) is 1.98. The zero-order valence-corrected chi connectivity index (χ0v) is 6.23. The molecule has 1 N–H and O–H groups in total. The zero-order chi connectivity index (χ0) is 7.19. The second-order valence-corrected chi connectivity index (χ2v) is 3.54. The molecule has 10 heavy (non-hydrogen) atoms. The van der Waals surface area contributed by atoms with Crippen LogP contribution in [0.5, 0.6) is 0 Å². The van der Waals surface area contributed by atoms with Crippen LogP contribution in [0.15, 0.2) is 0 Å². The van der Waals surface area contributed by atoms with Crippen LogP contribution < -0.4 is 5.32 Å². The number of nitrogens with one attached hydrogen (secondary N) is 1. The summed E-state index contributed by atoms with van der Waals surface area (Å²) in [5, 5.41) is 2.99. The van der Waals surface area contributed by atoms with Gasteiger partial charge in [0.1, 0.15) is 0 Å². The Kier molecular flexibility index (Phi) is 1.26. The van der Waals surface area contributed by atoms with Gasteiger partial charge in [0.05, 0.1) is 0 Å². The number of hydrogen-bond acceptors (Lipinski definition) is 2. The van der Waals surface area contributed by atoms with E-state index in [1.807, 2.05) is 7.05 Å². The molecule has 2 fully saturated rings. The molecule has 1 unspecified atom stereocenters. The number of hydrogen-bond donors (Lipinski definition) is 1. The minimum atomic E-state index is -1.06. The fourth-order valence-electron chi connectivity index (χ4n) is 2.04. The van der Waals surface area contributed by atoms with Crippen molar-refractivity contribution in [3.63, 3.8) is 0 Å². The van der Waals surface area contributed by atoms with Gasteiger partial charge in [-0.25, -0.2) is 4.39 Å². The van der Waals surface area contributed by atoms with Crippen molar-refractivity contribution in [2.45, 2.75) is 24.7 Å². The summed E-state index contributed by atoms with van der Waals surface area (Å²) in [6.07, 6.45) is 1.70. The zero-order valence-electron chi connectivity index (χ0n) is 6.23. The van der Waals surface area contributed by atoms with E-state index in [0.717, 1.165) is 13.0 Å². The van der Waals surface area contributed by atoms with Gasteiger partial charge in [0, 0.05) is 20.6 Å². The van der Waals surface area contributed by atoms with Crippen LogP contribution in [-0.2, 0) is 0 Å². The number of likely N-dealkylation sites (N-methyl/N-ethyl adjacent to an activating group) is 1. The molecule has 60 valence electrons. The van der Waals surface area contributed by atoms with Gasteiger partial charge in [-0.3, -0.25) is 5.32 Å². The first-order valence-electron chi connectivity index (χ1n) is 3.83. The van der Waals surface area contributed by atoms with Crippen molar-refractivity contribution in [1.29, 1.82) is 0 Å². The van der Waals surface area contributed by atoms with Crippen LogP contribution in [0, 0.1) is 0 Å². The fraction of sp³-hybridized carbons (Fsp3) is 1.00. The number of halogens is 1. The predicted octanol–water partition coefficient (Wildman–Crippen LogP) is 0.596. The van der Waals surface area contributed by atoms with Crippen LogP contribution in [0.1, 0.15) is 14.3 Å². The molecule has 0 aromatic carbocycles. The molecule has 2 heterocycles. The number of likely N-dealkylation sites (tertiary alicyclic amines) is 1. The highest BCUT2D eigenvalue weighted by Gasteiger charge is 2.43. The van der Waals surface area contributed by atoms with Crippen LogP contribution in [-0.4, -0.2) is 36.9 Å². The average Bonchev–Trinajstić information content (AvgIpc) is 2.06. The summed E-state index contributed by atoms with van der Waals surface area (Å²) >= 11 is 0. The van der Waals surface area contributed by atoms with Crippen molar-refractivity contribution < 1.29 is 5.82 Å². The van der Waals surface area contributed by atoms with Gasteiger partial charge in [-0.1, -0.05) is 0 Å². The summed E-state index contributed by atoms with van der Waals surface area (Å²) in [5.41, 5.74) is 0. The van der Waals surface area contributed by atoms with Gasteiger partial charge in [-0.05, 0) is 19.9 Å². The quantitative estimate of drug-likeness (QED) is 0.503. The second-order valence-electron chi connectivity index (χ2n) is 3.54. The van der Waals surface area contributed by atoms with E-state index in [0.29, 0.717) is 19.0 Å². The fourth-order valence-corrected chi connectivity index (χ4v) is 2.04. The highest BCUT2D eigenvalue weighted by Crippen LogP contribution is 2.29. The summed E-state index contributed by atoms with van der Waals surface area (Å²) < 4.78 is 13.4. The van der Waals surface area contributed by atoms with Crippen molar-refractivity contribution in [3.8, 4) is 0 Å². The Bertz CT molecular complexity index is 155. The Balaban J connectivity index is 0.000000605. The SMILES string of the molecule is CN1CC2CC[C@](F)(C1)N2.[HH]. The van der Waals surface area contributed by atoms with Gasteiger partial charge in [-0.15, -0.1) is 0 Å².